The summed E-state index contributed by atoms with van der Waals surface area (Å²) >= 11 is 0. The number of aliphatic hydroxyl groups excluding tert-OH is 1. The van der Waals surface area contributed by atoms with Crippen LogP contribution in [0.1, 0.15) is 11.1 Å². The largest absolute Gasteiger partial charge is 0.504 e. The third-order valence-electron chi connectivity index (χ3n) is 3.11. The molecule has 0 aliphatic carbocycles. The van der Waals surface area contributed by atoms with Crippen LogP contribution in [0.3, 0.4) is 0 Å². The molecule has 0 unspecified atom stereocenters. The number of phenolic OH excluding ortho intramolecular Hbond substituents is 2. The molecule has 2 rings (SSSR count). The van der Waals surface area contributed by atoms with Gasteiger partial charge < -0.3 is 20.2 Å². The predicted octanol–water partition coefficient (Wildman–Crippen LogP) is 0.491. The van der Waals surface area contributed by atoms with E-state index in [9.17, 15) is 10.2 Å². The van der Waals surface area contributed by atoms with Crippen molar-refractivity contribution in [1.82, 2.24) is 4.90 Å². The summed E-state index contributed by atoms with van der Waals surface area (Å²) in [6.45, 7) is 2.63. The van der Waals surface area contributed by atoms with Gasteiger partial charge in [-0.3, -0.25) is 0 Å². The van der Waals surface area contributed by atoms with Crippen molar-refractivity contribution in [3.63, 3.8) is 0 Å². The zero-order chi connectivity index (χ0) is 11.5. The fourth-order valence-corrected chi connectivity index (χ4v) is 2.16. The van der Waals surface area contributed by atoms with E-state index in [0.717, 1.165) is 37.1 Å². The van der Waals surface area contributed by atoms with Crippen molar-refractivity contribution in [3.8, 4) is 11.5 Å². The molecule has 4 nitrogen and oxygen atoms in total. The average molecular weight is 223 g/mol. The van der Waals surface area contributed by atoms with Crippen molar-refractivity contribution >= 4 is 0 Å². The Labute approximate surface area is 94.8 Å². The summed E-state index contributed by atoms with van der Waals surface area (Å²) in [7, 11) is 0. The van der Waals surface area contributed by atoms with Gasteiger partial charge in [-0.25, -0.2) is 0 Å². The minimum Gasteiger partial charge on any atom is -0.504 e. The molecule has 0 radical (unpaired) electrons. The van der Waals surface area contributed by atoms with Gasteiger partial charge in [-0.2, -0.15) is 0 Å². The minimum atomic E-state index is -0.0469. The topological polar surface area (TPSA) is 63.9 Å². The third kappa shape index (κ3) is 2.28. The molecule has 1 aliphatic heterocycles. The molecule has 4 heteroatoms. The quantitative estimate of drug-likeness (QED) is 0.638. The van der Waals surface area contributed by atoms with E-state index in [1.54, 1.807) is 12.1 Å². The second kappa shape index (κ2) is 4.72. The summed E-state index contributed by atoms with van der Waals surface area (Å²) in [6.07, 6.45) is 1.70. The number of hydrogen-bond acceptors (Lipinski definition) is 4. The van der Waals surface area contributed by atoms with Crippen molar-refractivity contribution in [2.45, 2.75) is 12.8 Å². The van der Waals surface area contributed by atoms with Gasteiger partial charge in [0.15, 0.2) is 11.5 Å². The summed E-state index contributed by atoms with van der Waals surface area (Å²) in [5.41, 5.74) is 2.19. The number of aromatic hydroxyl groups is 2. The van der Waals surface area contributed by atoms with Crippen LogP contribution in [0.15, 0.2) is 12.1 Å². The molecule has 0 saturated heterocycles. The smallest absolute Gasteiger partial charge is 0.157 e. The molecule has 0 saturated carbocycles. The van der Waals surface area contributed by atoms with Crippen LogP contribution in [0.25, 0.3) is 0 Å². The zero-order valence-corrected chi connectivity index (χ0v) is 9.19. The minimum absolute atomic E-state index is 0.0469. The van der Waals surface area contributed by atoms with Gasteiger partial charge in [-0.1, -0.05) is 0 Å². The zero-order valence-electron chi connectivity index (χ0n) is 9.19. The van der Waals surface area contributed by atoms with Crippen LogP contribution in [0, 0.1) is 0 Å². The second-order valence-electron chi connectivity index (χ2n) is 4.17. The highest BCUT2D eigenvalue weighted by Gasteiger charge is 2.15. The molecule has 0 aromatic heterocycles. The fraction of sp³-hybridized carbons (Fsp3) is 0.500. The number of β-amino-alcohol motifs (C(OH)–C–C–N with tert-alkyl or cyclic N) is 1. The lowest BCUT2D eigenvalue weighted by atomic mass is 10.0. The van der Waals surface area contributed by atoms with Gasteiger partial charge in [-0.05, 0) is 36.1 Å². The molecule has 0 bridgehead atoms. The standard InChI is InChI=1S/C12H17NO3/c14-6-5-13-3-1-9-7-11(15)12(16)8-10(9)2-4-13/h7-8,14-16H,1-6H2. The molecule has 1 aromatic carbocycles. The highest BCUT2D eigenvalue weighted by molar-refractivity contribution is 5.46. The van der Waals surface area contributed by atoms with E-state index in [-0.39, 0.29) is 18.1 Å². The highest BCUT2D eigenvalue weighted by atomic mass is 16.3. The maximum Gasteiger partial charge on any atom is 0.157 e. The Kier molecular flexibility index (Phi) is 3.31. The maximum atomic E-state index is 9.43. The molecular weight excluding hydrogens is 206 g/mol. The molecular formula is C12H17NO3. The van der Waals surface area contributed by atoms with Crippen molar-refractivity contribution in [1.29, 1.82) is 0 Å². The van der Waals surface area contributed by atoms with Crippen molar-refractivity contribution in [2.24, 2.45) is 0 Å². The Hall–Kier alpha value is -1.26. The number of benzene rings is 1. The number of rotatable bonds is 2. The van der Waals surface area contributed by atoms with E-state index >= 15 is 0 Å². The summed E-state index contributed by atoms with van der Waals surface area (Å²) in [6, 6.07) is 3.29. The average Bonchev–Trinajstić information content (AvgIpc) is 2.44. The fourth-order valence-electron chi connectivity index (χ4n) is 2.16. The Bertz CT molecular complexity index is 346. The Balaban J connectivity index is 2.17. The van der Waals surface area contributed by atoms with Crippen LogP contribution < -0.4 is 0 Å². The molecule has 1 heterocycles. The first-order chi connectivity index (χ1) is 7.70. The number of fused-ring (bicyclic) bond motifs is 1. The monoisotopic (exact) mass is 223 g/mol. The lowest BCUT2D eigenvalue weighted by Crippen LogP contribution is -2.29. The first-order valence-electron chi connectivity index (χ1n) is 5.57. The molecule has 1 aliphatic rings. The van der Waals surface area contributed by atoms with Gasteiger partial charge >= 0.3 is 0 Å². The molecule has 3 N–H and O–H groups in total. The summed E-state index contributed by atoms with van der Waals surface area (Å²) in [5.74, 6) is -0.0938. The number of hydrogen-bond donors (Lipinski definition) is 3. The summed E-state index contributed by atoms with van der Waals surface area (Å²) in [4.78, 5) is 2.19. The summed E-state index contributed by atoms with van der Waals surface area (Å²) < 4.78 is 0. The van der Waals surface area contributed by atoms with E-state index in [1.165, 1.54) is 0 Å². The first-order valence-corrected chi connectivity index (χ1v) is 5.57. The summed E-state index contributed by atoms with van der Waals surface area (Å²) in [5, 5.41) is 27.8. The SMILES string of the molecule is OCCN1CCc2cc(O)c(O)cc2CC1. The Morgan fingerprint density at radius 2 is 1.50 bits per heavy atom. The predicted molar refractivity (Wildman–Crippen MR) is 60.7 cm³/mol. The first kappa shape index (κ1) is 11.2. The molecule has 0 spiro atoms. The third-order valence-corrected chi connectivity index (χ3v) is 3.11. The van der Waals surface area contributed by atoms with Crippen LogP contribution in [-0.4, -0.2) is 46.5 Å². The van der Waals surface area contributed by atoms with Crippen molar-refractivity contribution in [3.05, 3.63) is 23.3 Å². The van der Waals surface area contributed by atoms with Gasteiger partial charge in [0.1, 0.15) is 0 Å². The van der Waals surface area contributed by atoms with Gasteiger partial charge in [0, 0.05) is 19.6 Å². The normalized spacial score (nSPS) is 16.8. The maximum absolute atomic E-state index is 9.43. The molecule has 0 fully saturated rings. The molecule has 88 valence electrons. The van der Waals surface area contributed by atoms with Crippen LogP contribution in [0.2, 0.25) is 0 Å². The van der Waals surface area contributed by atoms with Crippen molar-refractivity contribution in [2.75, 3.05) is 26.2 Å². The van der Waals surface area contributed by atoms with Gasteiger partial charge in [-0.15, -0.1) is 0 Å². The van der Waals surface area contributed by atoms with Crippen LogP contribution in [-0.2, 0) is 12.8 Å². The highest BCUT2D eigenvalue weighted by Crippen LogP contribution is 2.30. The lowest BCUT2D eigenvalue weighted by molar-refractivity contribution is 0.201. The van der Waals surface area contributed by atoms with Crippen LogP contribution in [0.4, 0.5) is 0 Å². The van der Waals surface area contributed by atoms with E-state index in [0.29, 0.717) is 6.54 Å². The van der Waals surface area contributed by atoms with Crippen LogP contribution >= 0.6 is 0 Å². The van der Waals surface area contributed by atoms with Crippen LogP contribution in [0.5, 0.6) is 11.5 Å². The number of aliphatic hydroxyl groups is 1. The van der Waals surface area contributed by atoms with E-state index in [1.807, 2.05) is 0 Å². The van der Waals surface area contributed by atoms with Gasteiger partial charge in [0.25, 0.3) is 0 Å². The van der Waals surface area contributed by atoms with Gasteiger partial charge in [0.2, 0.25) is 0 Å². The lowest BCUT2D eigenvalue weighted by Gasteiger charge is -2.17. The molecule has 1 aromatic rings. The van der Waals surface area contributed by atoms with Crippen molar-refractivity contribution < 1.29 is 15.3 Å². The van der Waals surface area contributed by atoms with E-state index in [2.05, 4.69) is 4.90 Å². The Morgan fingerprint density at radius 3 is 1.94 bits per heavy atom. The number of nitrogens with zero attached hydrogens (tertiary/aromatic N) is 1. The van der Waals surface area contributed by atoms with Gasteiger partial charge in [0.05, 0.1) is 6.61 Å². The Morgan fingerprint density at radius 1 is 1.00 bits per heavy atom. The molecule has 0 amide bonds. The number of phenols is 2. The second-order valence-corrected chi connectivity index (χ2v) is 4.17. The molecule has 0 atom stereocenters. The molecule has 16 heavy (non-hydrogen) atoms. The van der Waals surface area contributed by atoms with E-state index < -0.39 is 0 Å². The van der Waals surface area contributed by atoms with E-state index in [4.69, 9.17) is 5.11 Å².